The second-order valence-corrected chi connectivity index (χ2v) is 4.23. The highest BCUT2D eigenvalue weighted by molar-refractivity contribution is 6.35. The summed E-state index contributed by atoms with van der Waals surface area (Å²) in [5, 5.41) is 1.32. The average molecular weight is 231 g/mol. The van der Waals surface area contributed by atoms with Crippen molar-refractivity contribution >= 4 is 29.5 Å². The predicted molar refractivity (Wildman–Crippen MR) is 60.0 cm³/mol. The van der Waals surface area contributed by atoms with Crippen LogP contribution >= 0.6 is 23.2 Å². The lowest BCUT2D eigenvalue weighted by Crippen LogP contribution is -1.98. The maximum atomic E-state index is 10.4. The number of aryl methyl sites for hydroxylation is 1. The molecule has 0 amide bonds. The Kier molecular flexibility index (Phi) is 4.43. The van der Waals surface area contributed by atoms with Crippen molar-refractivity contribution in [1.29, 1.82) is 0 Å². The van der Waals surface area contributed by atoms with Crippen LogP contribution in [0.5, 0.6) is 0 Å². The van der Waals surface area contributed by atoms with Crippen molar-refractivity contribution in [2.75, 3.05) is 0 Å². The standard InChI is InChI=1S/C11H12Cl2O/c1-8(7-14)2-3-9-4-5-10(12)6-11(9)13/h4-8H,2-3H2,1H3. The zero-order valence-electron chi connectivity index (χ0n) is 7.97. The summed E-state index contributed by atoms with van der Waals surface area (Å²) in [5.41, 5.74) is 1.05. The fourth-order valence-corrected chi connectivity index (χ4v) is 1.68. The zero-order chi connectivity index (χ0) is 10.6. The van der Waals surface area contributed by atoms with Crippen LogP contribution in [0.2, 0.25) is 10.0 Å². The van der Waals surface area contributed by atoms with E-state index in [0.29, 0.717) is 10.0 Å². The second-order valence-electron chi connectivity index (χ2n) is 3.39. The number of hydrogen-bond donors (Lipinski definition) is 0. The first-order valence-corrected chi connectivity index (χ1v) is 5.28. The lowest BCUT2D eigenvalue weighted by Gasteiger charge is -2.06. The van der Waals surface area contributed by atoms with Crippen LogP contribution < -0.4 is 0 Å². The van der Waals surface area contributed by atoms with E-state index in [-0.39, 0.29) is 5.92 Å². The molecule has 1 aromatic carbocycles. The number of carbonyl (C=O) groups excluding carboxylic acids is 1. The van der Waals surface area contributed by atoms with E-state index in [0.717, 1.165) is 24.7 Å². The molecule has 1 atom stereocenters. The van der Waals surface area contributed by atoms with Gasteiger partial charge in [-0.1, -0.05) is 36.2 Å². The molecule has 1 nitrogen and oxygen atoms in total. The van der Waals surface area contributed by atoms with E-state index in [2.05, 4.69) is 0 Å². The Bertz CT molecular complexity index is 323. The summed E-state index contributed by atoms with van der Waals surface area (Å²) in [4.78, 5) is 10.4. The van der Waals surface area contributed by atoms with Crippen LogP contribution in [0.3, 0.4) is 0 Å². The van der Waals surface area contributed by atoms with E-state index in [9.17, 15) is 4.79 Å². The van der Waals surface area contributed by atoms with Crippen LogP contribution in [0.1, 0.15) is 18.9 Å². The first-order valence-electron chi connectivity index (χ1n) is 4.52. The van der Waals surface area contributed by atoms with Crippen molar-refractivity contribution in [3.05, 3.63) is 33.8 Å². The van der Waals surface area contributed by atoms with Gasteiger partial charge < -0.3 is 4.79 Å². The molecule has 0 N–H and O–H groups in total. The molecular weight excluding hydrogens is 219 g/mol. The Morgan fingerprint density at radius 2 is 2.14 bits per heavy atom. The van der Waals surface area contributed by atoms with Gasteiger partial charge in [-0.2, -0.15) is 0 Å². The van der Waals surface area contributed by atoms with Crippen molar-refractivity contribution < 1.29 is 4.79 Å². The van der Waals surface area contributed by atoms with E-state index < -0.39 is 0 Å². The Hall–Kier alpha value is -0.530. The highest BCUT2D eigenvalue weighted by Crippen LogP contribution is 2.22. The molecule has 0 aliphatic carbocycles. The minimum absolute atomic E-state index is 0.0849. The molecule has 76 valence electrons. The molecule has 14 heavy (non-hydrogen) atoms. The van der Waals surface area contributed by atoms with Crippen LogP contribution in [-0.2, 0) is 11.2 Å². The van der Waals surface area contributed by atoms with Gasteiger partial charge in [-0.05, 0) is 30.5 Å². The van der Waals surface area contributed by atoms with E-state index in [1.165, 1.54) is 0 Å². The molecule has 1 aromatic rings. The van der Waals surface area contributed by atoms with Gasteiger partial charge >= 0.3 is 0 Å². The number of benzene rings is 1. The van der Waals surface area contributed by atoms with Crippen LogP contribution in [-0.4, -0.2) is 6.29 Å². The first-order chi connectivity index (χ1) is 6.63. The molecule has 0 aliphatic rings. The van der Waals surface area contributed by atoms with Gasteiger partial charge in [-0.25, -0.2) is 0 Å². The van der Waals surface area contributed by atoms with Gasteiger partial charge in [0.05, 0.1) is 0 Å². The van der Waals surface area contributed by atoms with Gasteiger partial charge in [0, 0.05) is 16.0 Å². The molecule has 1 rings (SSSR count). The van der Waals surface area contributed by atoms with Gasteiger partial charge in [0.25, 0.3) is 0 Å². The van der Waals surface area contributed by atoms with Gasteiger partial charge in [0.2, 0.25) is 0 Å². The summed E-state index contributed by atoms with van der Waals surface area (Å²) < 4.78 is 0. The third-order valence-corrected chi connectivity index (χ3v) is 2.70. The topological polar surface area (TPSA) is 17.1 Å². The molecular formula is C11H12Cl2O. The first kappa shape index (κ1) is 11.5. The quantitative estimate of drug-likeness (QED) is 0.721. The Morgan fingerprint density at radius 1 is 1.43 bits per heavy atom. The van der Waals surface area contributed by atoms with Crippen LogP contribution in [0.4, 0.5) is 0 Å². The number of halogens is 2. The number of rotatable bonds is 4. The monoisotopic (exact) mass is 230 g/mol. The van der Waals surface area contributed by atoms with Gasteiger partial charge in [0.15, 0.2) is 0 Å². The number of aldehydes is 1. The number of hydrogen-bond acceptors (Lipinski definition) is 1. The maximum absolute atomic E-state index is 10.4. The third kappa shape index (κ3) is 3.32. The molecule has 1 unspecified atom stereocenters. The molecule has 0 bridgehead atoms. The Morgan fingerprint density at radius 3 is 2.71 bits per heavy atom. The van der Waals surface area contributed by atoms with E-state index in [4.69, 9.17) is 23.2 Å². The minimum Gasteiger partial charge on any atom is -0.303 e. The SMILES string of the molecule is CC(C=O)CCc1ccc(Cl)cc1Cl. The molecule has 0 spiro atoms. The Balaban J connectivity index is 2.63. The second kappa shape index (κ2) is 5.38. The number of carbonyl (C=O) groups is 1. The minimum atomic E-state index is 0.0849. The summed E-state index contributed by atoms with van der Waals surface area (Å²) in [6.07, 6.45) is 2.60. The molecule has 0 saturated heterocycles. The maximum Gasteiger partial charge on any atom is 0.122 e. The summed E-state index contributed by atoms with van der Waals surface area (Å²) in [6, 6.07) is 5.44. The largest absolute Gasteiger partial charge is 0.303 e. The van der Waals surface area contributed by atoms with Crippen LogP contribution in [0.25, 0.3) is 0 Å². The average Bonchev–Trinajstić information content (AvgIpc) is 2.16. The van der Waals surface area contributed by atoms with E-state index in [1.54, 1.807) is 6.07 Å². The van der Waals surface area contributed by atoms with Crippen molar-refractivity contribution in [2.45, 2.75) is 19.8 Å². The summed E-state index contributed by atoms with van der Waals surface area (Å²) in [7, 11) is 0. The van der Waals surface area contributed by atoms with Gasteiger partial charge in [-0.3, -0.25) is 0 Å². The van der Waals surface area contributed by atoms with Crippen molar-refractivity contribution in [2.24, 2.45) is 5.92 Å². The molecule has 0 saturated carbocycles. The van der Waals surface area contributed by atoms with Gasteiger partial charge in [0.1, 0.15) is 6.29 Å². The Labute approximate surface area is 94.0 Å². The lowest BCUT2D eigenvalue weighted by atomic mass is 10.0. The predicted octanol–water partition coefficient (Wildman–Crippen LogP) is 3.76. The lowest BCUT2D eigenvalue weighted by molar-refractivity contribution is -0.110. The normalized spacial score (nSPS) is 12.5. The van der Waals surface area contributed by atoms with Gasteiger partial charge in [-0.15, -0.1) is 0 Å². The zero-order valence-corrected chi connectivity index (χ0v) is 9.48. The van der Waals surface area contributed by atoms with Crippen LogP contribution in [0.15, 0.2) is 18.2 Å². The highest BCUT2D eigenvalue weighted by atomic mass is 35.5. The molecule has 0 radical (unpaired) electrons. The van der Waals surface area contributed by atoms with Crippen molar-refractivity contribution in [3.63, 3.8) is 0 Å². The van der Waals surface area contributed by atoms with Crippen LogP contribution in [0, 0.1) is 5.92 Å². The summed E-state index contributed by atoms with van der Waals surface area (Å²) in [6.45, 7) is 1.90. The molecule has 3 heteroatoms. The molecule has 0 heterocycles. The molecule has 0 aromatic heterocycles. The third-order valence-electron chi connectivity index (χ3n) is 2.12. The van der Waals surface area contributed by atoms with Crippen molar-refractivity contribution in [1.82, 2.24) is 0 Å². The molecule has 0 aliphatic heterocycles. The van der Waals surface area contributed by atoms with E-state index >= 15 is 0 Å². The van der Waals surface area contributed by atoms with E-state index in [1.807, 2.05) is 19.1 Å². The fraction of sp³-hybridized carbons (Fsp3) is 0.364. The highest BCUT2D eigenvalue weighted by Gasteiger charge is 2.04. The fourth-order valence-electron chi connectivity index (χ4n) is 1.18. The summed E-state index contributed by atoms with van der Waals surface area (Å²) in [5.74, 6) is 0.0849. The van der Waals surface area contributed by atoms with Crippen molar-refractivity contribution in [3.8, 4) is 0 Å². The summed E-state index contributed by atoms with van der Waals surface area (Å²) >= 11 is 11.7. The molecule has 0 fully saturated rings. The smallest absolute Gasteiger partial charge is 0.122 e.